The minimum Gasteiger partial charge on any atom is -0.477 e. The Morgan fingerprint density at radius 2 is 1.81 bits per heavy atom. The number of aromatic carboxylic acids is 1. The van der Waals surface area contributed by atoms with E-state index in [1.165, 1.54) is 4.90 Å². The summed E-state index contributed by atoms with van der Waals surface area (Å²) in [5.41, 5.74) is 6.69. The van der Waals surface area contributed by atoms with Crippen molar-refractivity contribution >= 4 is 39.8 Å². The number of nitrogens with two attached hydrogens (primary N) is 2. The third-order valence-electron chi connectivity index (χ3n) is 5.38. The van der Waals surface area contributed by atoms with Crippen LogP contribution in [-0.2, 0) is 0 Å². The van der Waals surface area contributed by atoms with Crippen molar-refractivity contribution < 1.29 is 28.2 Å². The fraction of sp³-hybridized carbons (Fsp3) is 0.200. The highest BCUT2D eigenvalue weighted by atomic mass is 35.5. The summed E-state index contributed by atoms with van der Waals surface area (Å²) in [7, 11) is 0. The first kappa shape index (κ1) is 21.9. The molecule has 0 atom stereocenters. The van der Waals surface area contributed by atoms with Crippen LogP contribution < -0.4 is 21.8 Å². The second kappa shape index (κ2) is 7.40. The maximum atomic E-state index is 15.0. The Balaban J connectivity index is 2.08. The van der Waals surface area contributed by atoms with Gasteiger partial charge in [-0.3, -0.25) is 4.79 Å². The molecule has 1 saturated heterocycles. The Labute approximate surface area is 183 Å². The lowest BCUT2D eigenvalue weighted by Gasteiger charge is -2.47. The van der Waals surface area contributed by atoms with Crippen molar-refractivity contribution in [2.24, 2.45) is 5.73 Å². The molecule has 0 aliphatic carbocycles. The van der Waals surface area contributed by atoms with Crippen molar-refractivity contribution in [1.82, 2.24) is 4.57 Å². The van der Waals surface area contributed by atoms with Crippen LogP contribution in [0.5, 0.6) is 0 Å². The molecule has 0 bridgehead atoms. The van der Waals surface area contributed by atoms with Gasteiger partial charge in [-0.25, -0.2) is 18.0 Å². The summed E-state index contributed by atoms with van der Waals surface area (Å²) in [4.78, 5) is 25.7. The van der Waals surface area contributed by atoms with Crippen LogP contribution in [0.15, 0.2) is 29.2 Å². The average molecular weight is 469 g/mol. The summed E-state index contributed by atoms with van der Waals surface area (Å²) < 4.78 is 44.2. The Morgan fingerprint density at radius 3 is 2.41 bits per heavy atom. The van der Waals surface area contributed by atoms with Crippen molar-refractivity contribution in [2.75, 3.05) is 30.3 Å². The number of hydrogen-bond donors (Lipinski definition) is 4. The smallest absolute Gasteiger partial charge is 0.341 e. The first-order valence-electron chi connectivity index (χ1n) is 9.20. The number of carboxylic acids is 1. The summed E-state index contributed by atoms with van der Waals surface area (Å²) in [6.45, 7) is -0.190. The molecule has 1 aliphatic heterocycles. The Bertz CT molecular complexity index is 1360. The van der Waals surface area contributed by atoms with Crippen molar-refractivity contribution in [2.45, 2.75) is 5.60 Å². The number of pyridine rings is 1. The molecule has 0 amide bonds. The first-order valence-corrected chi connectivity index (χ1v) is 9.58. The monoisotopic (exact) mass is 468 g/mol. The van der Waals surface area contributed by atoms with Gasteiger partial charge in [0.15, 0.2) is 0 Å². The molecule has 0 saturated carbocycles. The Hall–Kier alpha value is -3.28. The number of β-amino-alcohol motifs (C(OH)–C–C–N with tert-alkyl or cyclic N) is 1. The van der Waals surface area contributed by atoms with Gasteiger partial charge in [0, 0.05) is 31.9 Å². The van der Waals surface area contributed by atoms with Gasteiger partial charge in [-0.15, -0.1) is 0 Å². The molecule has 2 aromatic carbocycles. The minimum atomic E-state index is -1.64. The van der Waals surface area contributed by atoms with Gasteiger partial charge < -0.3 is 31.1 Å². The second-order valence-corrected chi connectivity index (χ2v) is 7.95. The number of nitrogen functional groups attached to an aromatic ring is 1. The molecule has 8 nitrogen and oxygen atoms in total. The van der Waals surface area contributed by atoms with E-state index in [2.05, 4.69) is 0 Å². The topological polar surface area (TPSA) is 135 Å². The van der Waals surface area contributed by atoms with E-state index in [0.29, 0.717) is 6.07 Å². The van der Waals surface area contributed by atoms with Crippen LogP contribution in [0, 0.1) is 17.5 Å². The maximum Gasteiger partial charge on any atom is 0.341 e. The number of carbonyl (C=O) groups is 1. The number of carboxylic acid groups (broad SMARTS) is 1. The minimum absolute atomic E-state index is 0.0546. The van der Waals surface area contributed by atoms with Crippen molar-refractivity contribution in [3.05, 3.63) is 62.7 Å². The van der Waals surface area contributed by atoms with E-state index in [4.69, 9.17) is 23.1 Å². The summed E-state index contributed by atoms with van der Waals surface area (Å²) in [6.07, 6.45) is 0.808. The number of anilines is 2. The highest BCUT2D eigenvalue weighted by Crippen LogP contribution is 2.40. The molecule has 4 rings (SSSR count). The van der Waals surface area contributed by atoms with Gasteiger partial charge in [0.05, 0.1) is 33.0 Å². The van der Waals surface area contributed by atoms with Crippen LogP contribution in [0.25, 0.3) is 16.6 Å². The lowest BCUT2D eigenvalue weighted by Crippen LogP contribution is -2.65. The molecule has 2 heterocycles. The third-order valence-corrected chi connectivity index (χ3v) is 5.74. The summed E-state index contributed by atoms with van der Waals surface area (Å²) in [5.74, 6) is -4.76. The molecule has 1 fully saturated rings. The maximum absolute atomic E-state index is 15.0. The Kier molecular flexibility index (Phi) is 5.07. The molecule has 0 unspecified atom stereocenters. The van der Waals surface area contributed by atoms with Crippen molar-refractivity contribution in [3.8, 4) is 5.69 Å². The van der Waals surface area contributed by atoms with E-state index < -0.39 is 56.8 Å². The largest absolute Gasteiger partial charge is 0.477 e. The molecule has 1 aromatic heterocycles. The lowest BCUT2D eigenvalue weighted by atomic mass is 9.93. The molecule has 32 heavy (non-hydrogen) atoms. The predicted molar refractivity (Wildman–Crippen MR) is 112 cm³/mol. The number of aliphatic hydroxyl groups is 1. The normalized spacial score (nSPS) is 15.1. The van der Waals surface area contributed by atoms with Crippen LogP contribution in [0.4, 0.5) is 24.5 Å². The molecule has 168 valence electrons. The van der Waals surface area contributed by atoms with E-state index in [-0.39, 0.29) is 35.9 Å². The fourth-order valence-corrected chi connectivity index (χ4v) is 4.13. The fourth-order valence-electron chi connectivity index (χ4n) is 3.73. The molecule has 1 aliphatic rings. The third kappa shape index (κ3) is 3.25. The predicted octanol–water partition coefficient (Wildman–Crippen LogP) is 1.85. The van der Waals surface area contributed by atoms with E-state index in [1.54, 1.807) is 0 Å². The van der Waals surface area contributed by atoms with Crippen LogP contribution in [0.1, 0.15) is 10.4 Å². The molecular formula is C20H16ClF3N4O4. The van der Waals surface area contributed by atoms with E-state index in [9.17, 15) is 33.0 Å². The zero-order chi connectivity index (χ0) is 23.5. The number of benzene rings is 2. The number of hydrogen-bond acceptors (Lipinski definition) is 6. The number of fused-ring (bicyclic) bond motifs is 1. The van der Waals surface area contributed by atoms with Gasteiger partial charge in [0.25, 0.3) is 0 Å². The van der Waals surface area contributed by atoms with Gasteiger partial charge in [-0.1, -0.05) is 11.6 Å². The van der Waals surface area contributed by atoms with Crippen LogP contribution >= 0.6 is 11.6 Å². The van der Waals surface area contributed by atoms with Gasteiger partial charge in [0.1, 0.15) is 28.6 Å². The molecule has 6 N–H and O–H groups in total. The zero-order valence-electron chi connectivity index (χ0n) is 16.2. The molecule has 12 heteroatoms. The lowest BCUT2D eigenvalue weighted by molar-refractivity contribution is 0.0206. The van der Waals surface area contributed by atoms with Gasteiger partial charge in [-0.05, 0) is 12.1 Å². The van der Waals surface area contributed by atoms with E-state index in [1.807, 2.05) is 0 Å². The SMILES string of the molecule is NCC1(O)CN(c2c(F)cc3c(=O)c(C(=O)O)cn(-c4cc(N)c(F)cc4F)c3c2Cl)C1. The highest BCUT2D eigenvalue weighted by molar-refractivity contribution is 6.38. The van der Waals surface area contributed by atoms with Crippen molar-refractivity contribution in [1.29, 1.82) is 0 Å². The van der Waals surface area contributed by atoms with Crippen LogP contribution in [0.3, 0.4) is 0 Å². The Morgan fingerprint density at radius 1 is 1.16 bits per heavy atom. The number of nitrogens with zero attached hydrogens (tertiary/aromatic N) is 2. The first-order chi connectivity index (χ1) is 15.0. The molecule has 3 aromatic rings. The molecular weight excluding hydrogens is 453 g/mol. The zero-order valence-corrected chi connectivity index (χ0v) is 17.0. The van der Waals surface area contributed by atoms with Crippen LogP contribution in [-0.4, -0.2) is 46.0 Å². The van der Waals surface area contributed by atoms with Gasteiger partial charge >= 0.3 is 5.97 Å². The summed E-state index contributed by atoms with van der Waals surface area (Å²) in [6, 6.07) is 2.17. The standard InChI is InChI=1S/C20H16ClF3N4O4/c21-15-16-8(1-12(24)17(15)27-6-20(32,5-25)7-27)18(29)9(19(30)31)4-28(16)14-3-13(26)10(22)2-11(14)23/h1-4,32H,5-7,25-26H2,(H,30,31). The molecule has 0 spiro atoms. The average Bonchev–Trinajstić information content (AvgIpc) is 2.69. The van der Waals surface area contributed by atoms with E-state index in [0.717, 1.165) is 22.9 Å². The molecule has 0 radical (unpaired) electrons. The van der Waals surface area contributed by atoms with Crippen LogP contribution in [0.2, 0.25) is 5.02 Å². The van der Waals surface area contributed by atoms with E-state index >= 15 is 0 Å². The summed E-state index contributed by atoms with van der Waals surface area (Å²) >= 11 is 6.44. The number of rotatable bonds is 4. The van der Waals surface area contributed by atoms with Crippen molar-refractivity contribution in [3.63, 3.8) is 0 Å². The number of halogens is 4. The van der Waals surface area contributed by atoms with Gasteiger partial charge in [-0.2, -0.15) is 0 Å². The highest BCUT2D eigenvalue weighted by Gasteiger charge is 2.42. The quantitative estimate of drug-likeness (QED) is 0.429. The second-order valence-electron chi connectivity index (χ2n) is 7.57. The summed E-state index contributed by atoms with van der Waals surface area (Å²) in [5, 5.41) is 18.8. The number of aromatic nitrogens is 1. The van der Waals surface area contributed by atoms with Gasteiger partial charge in [0.2, 0.25) is 5.43 Å².